The number of aliphatic hydroxyl groups is 1. The highest BCUT2D eigenvalue weighted by Gasteiger charge is 2.48. The number of hydrogen-bond donors (Lipinski definition) is 2. The summed E-state index contributed by atoms with van der Waals surface area (Å²) in [6.07, 6.45) is 4.19. The molecule has 130 valence electrons. The van der Waals surface area contributed by atoms with Gasteiger partial charge in [0.1, 0.15) is 5.76 Å². The van der Waals surface area contributed by atoms with E-state index in [1.807, 2.05) is 6.92 Å². The van der Waals surface area contributed by atoms with Crippen LogP contribution in [0.25, 0.3) is 5.57 Å². The van der Waals surface area contributed by atoms with Gasteiger partial charge in [-0.3, -0.25) is 4.79 Å². The number of methoxy groups -OCH3 is 1. The van der Waals surface area contributed by atoms with Gasteiger partial charge in [-0.2, -0.15) is 0 Å². The molecule has 0 radical (unpaired) electrons. The number of hydrogen-bond acceptors (Lipinski definition) is 3. The molecule has 1 spiro atoms. The molecule has 3 rings (SSSR count). The average Bonchev–Trinajstić information content (AvgIpc) is 2.79. The van der Waals surface area contributed by atoms with Crippen molar-refractivity contribution in [3.63, 3.8) is 0 Å². The predicted molar refractivity (Wildman–Crippen MR) is 95.0 cm³/mol. The van der Waals surface area contributed by atoms with E-state index in [0.717, 1.165) is 48.8 Å². The fraction of sp³-hybridized carbons (Fsp3) is 0.550. The lowest BCUT2D eigenvalue weighted by Crippen LogP contribution is -2.48. The normalized spacial score (nSPS) is 27.0. The van der Waals surface area contributed by atoms with Crippen molar-refractivity contribution < 1.29 is 14.6 Å². The molecule has 1 aliphatic carbocycles. The van der Waals surface area contributed by atoms with E-state index in [0.29, 0.717) is 5.57 Å². The second-order valence-electron chi connectivity index (χ2n) is 7.16. The number of amides is 1. The van der Waals surface area contributed by atoms with Gasteiger partial charge >= 0.3 is 0 Å². The highest BCUT2D eigenvalue weighted by Crippen LogP contribution is 2.43. The lowest BCUT2D eigenvalue weighted by atomic mass is 9.79. The summed E-state index contributed by atoms with van der Waals surface area (Å²) >= 11 is 0. The topological polar surface area (TPSA) is 58.6 Å². The van der Waals surface area contributed by atoms with Gasteiger partial charge in [0.05, 0.1) is 17.2 Å². The molecule has 1 heterocycles. The van der Waals surface area contributed by atoms with Crippen LogP contribution in [0.1, 0.15) is 54.9 Å². The first-order valence-electron chi connectivity index (χ1n) is 8.81. The van der Waals surface area contributed by atoms with Gasteiger partial charge in [0, 0.05) is 7.11 Å². The van der Waals surface area contributed by atoms with E-state index in [4.69, 9.17) is 4.74 Å². The quantitative estimate of drug-likeness (QED) is 0.891. The highest BCUT2D eigenvalue weighted by molar-refractivity contribution is 6.24. The maximum absolute atomic E-state index is 12.8. The summed E-state index contributed by atoms with van der Waals surface area (Å²) in [5, 5.41) is 14.1. The number of aryl methyl sites for hydroxylation is 3. The predicted octanol–water partition coefficient (Wildman–Crippen LogP) is 3.59. The van der Waals surface area contributed by atoms with Gasteiger partial charge in [-0.1, -0.05) is 24.6 Å². The monoisotopic (exact) mass is 329 g/mol. The molecule has 1 aliphatic heterocycles. The highest BCUT2D eigenvalue weighted by atomic mass is 16.5. The molecule has 4 nitrogen and oxygen atoms in total. The van der Waals surface area contributed by atoms with Crippen LogP contribution in [-0.2, 0) is 16.0 Å². The SMILES string of the molecule is CCc1cc(C)cc(C)c1C1=C(O)C2(CCC(OC)CC2)NC1=O. The van der Waals surface area contributed by atoms with E-state index in [9.17, 15) is 9.90 Å². The summed E-state index contributed by atoms with van der Waals surface area (Å²) in [7, 11) is 1.72. The maximum Gasteiger partial charge on any atom is 0.256 e. The number of rotatable bonds is 3. The van der Waals surface area contributed by atoms with Gasteiger partial charge in [0.2, 0.25) is 0 Å². The third-order valence-electron chi connectivity index (χ3n) is 5.58. The van der Waals surface area contributed by atoms with Gasteiger partial charge in [-0.05, 0) is 62.6 Å². The zero-order valence-corrected chi connectivity index (χ0v) is 15.0. The minimum atomic E-state index is -0.607. The first kappa shape index (κ1) is 17.0. The Bertz CT molecular complexity index is 697. The number of benzene rings is 1. The van der Waals surface area contributed by atoms with E-state index in [1.165, 1.54) is 5.56 Å². The Morgan fingerprint density at radius 3 is 2.54 bits per heavy atom. The van der Waals surface area contributed by atoms with E-state index in [1.54, 1.807) is 7.11 Å². The molecular formula is C20H27NO3. The largest absolute Gasteiger partial charge is 0.509 e. The zero-order chi connectivity index (χ0) is 17.5. The van der Waals surface area contributed by atoms with Crippen molar-refractivity contribution in [2.24, 2.45) is 0 Å². The van der Waals surface area contributed by atoms with Crippen molar-refractivity contribution >= 4 is 11.5 Å². The molecule has 1 amide bonds. The fourth-order valence-corrected chi connectivity index (χ4v) is 4.29. The molecule has 2 aliphatic rings. The molecule has 24 heavy (non-hydrogen) atoms. The van der Waals surface area contributed by atoms with Gasteiger partial charge in [-0.25, -0.2) is 0 Å². The Labute approximate surface area is 143 Å². The van der Waals surface area contributed by atoms with Gasteiger partial charge < -0.3 is 15.2 Å². The second-order valence-corrected chi connectivity index (χ2v) is 7.16. The van der Waals surface area contributed by atoms with Crippen LogP contribution in [0.4, 0.5) is 0 Å². The number of nitrogens with one attached hydrogen (secondary N) is 1. The van der Waals surface area contributed by atoms with Crippen molar-refractivity contribution in [1.82, 2.24) is 5.32 Å². The molecular weight excluding hydrogens is 302 g/mol. The molecule has 1 fully saturated rings. The standard InChI is InChI=1S/C20H27NO3/c1-5-14-11-12(2)10-13(3)16(14)17-18(22)20(21-19(17)23)8-6-15(24-4)7-9-20/h10-11,15,22H,5-9H2,1-4H3,(H,21,23). The van der Waals surface area contributed by atoms with Crippen LogP contribution in [0.2, 0.25) is 0 Å². The van der Waals surface area contributed by atoms with Crippen LogP contribution in [0, 0.1) is 13.8 Å². The molecule has 0 bridgehead atoms. The van der Waals surface area contributed by atoms with Crippen LogP contribution >= 0.6 is 0 Å². The molecule has 0 saturated heterocycles. The van der Waals surface area contributed by atoms with Crippen LogP contribution in [-0.4, -0.2) is 29.8 Å². The molecule has 1 saturated carbocycles. The minimum Gasteiger partial charge on any atom is -0.509 e. The summed E-state index contributed by atoms with van der Waals surface area (Å²) in [6.45, 7) is 6.16. The second kappa shape index (κ2) is 6.25. The first-order valence-corrected chi connectivity index (χ1v) is 8.81. The van der Waals surface area contributed by atoms with E-state index >= 15 is 0 Å². The summed E-state index contributed by atoms with van der Waals surface area (Å²) in [5.41, 5.74) is 4.12. The van der Waals surface area contributed by atoms with Crippen molar-refractivity contribution in [3.8, 4) is 0 Å². The minimum absolute atomic E-state index is 0.148. The Morgan fingerprint density at radius 2 is 1.96 bits per heavy atom. The lowest BCUT2D eigenvalue weighted by Gasteiger charge is -2.36. The summed E-state index contributed by atoms with van der Waals surface area (Å²) in [6, 6.07) is 4.19. The fourth-order valence-electron chi connectivity index (χ4n) is 4.29. The van der Waals surface area contributed by atoms with Crippen LogP contribution in [0.5, 0.6) is 0 Å². The molecule has 0 unspecified atom stereocenters. The zero-order valence-electron chi connectivity index (χ0n) is 15.0. The van der Waals surface area contributed by atoms with Gasteiger partial charge in [0.25, 0.3) is 5.91 Å². The van der Waals surface area contributed by atoms with Crippen molar-refractivity contribution in [2.75, 3.05) is 7.11 Å². The van der Waals surface area contributed by atoms with Crippen LogP contribution in [0.3, 0.4) is 0 Å². The molecule has 1 aromatic rings. The number of carbonyl (C=O) groups is 1. The Hall–Kier alpha value is -1.81. The van der Waals surface area contributed by atoms with Crippen molar-refractivity contribution in [1.29, 1.82) is 0 Å². The summed E-state index contributed by atoms with van der Waals surface area (Å²) in [5.74, 6) is 0.0775. The molecule has 4 heteroatoms. The Morgan fingerprint density at radius 1 is 1.29 bits per heavy atom. The average molecular weight is 329 g/mol. The number of ether oxygens (including phenoxy) is 1. The van der Waals surface area contributed by atoms with Crippen molar-refractivity contribution in [2.45, 2.75) is 64.5 Å². The summed E-state index contributed by atoms with van der Waals surface area (Å²) in [4.78, 5) is 12.8. The first-order chi connectivity index (χ1) is 11.4. The lowest BCUT2D eigenvalue weighted by molar-refractivity contribution is -0.116. The van der Waals surface area contributed by atoms with Crippen molar-refractivity contribution in [3.05, 3.63) is 40.1 Å². The van der Waals surface area contributed by atoms with E-state index in [-0.39, 0.29) is 17.8 Å². The third-order valence-corrected chi connectivity index (χ3v) is 5.58. The van der Waals surface area contributed by atoms with Crippen LogP contribution in [0.15, 0.2) is 17.9 Å². The third kappa shape index (κ3) is 2.63. The molecule has 1 aromatic carbocycles. The van der Waals surface area contributed by atoms with Gasteiger partial charge in [0.15, 0.2) is 0 Å². The molecule has 0 atom stereocenters. The van der Waals surface area contributed by atoms with Gasteiger partial charge in [-0.15, -0.1) is 0 Å². The smallest absolute Gasteiger partial charge is 0.256 e. The Kier molecular flexibility index (Phi) is 4.43. The molecule has 0 aromatic heterocycles. The maximum atomic E-state index is 12.8. The Balaban J connectivity index is 2.07. The number of carbonyl (C=O) groups excluding carboxylic acids is 1. The van der Waals surface area contributed by atoms with Crippen LogP contribution < -0.4 is 5.32 Å². The summed E-state index contributed by atoms with van der Waals surface area (Å²) < 4.78 is 5.43. The van der Waals surface area contributed by atoms with E-state index < -0.39 is 5.54 Å². The number of aliphatic hydroxyl groups excluding tert-OH is 1. The van der Waals surface area contributed by atoms with E-state index in [2.05, 4.69) is 31.3 Å². The molecule has 2 N–H and O–H groups in total.